The van der Waals surface area contributed by atoms with Crippen LogP contribution in [0.25, 0.3) is 11.1 Å². The highest BCUT2D eigenvalue weighted by Crippen LogP contribution is 2.38. The third-order valence-electron chi connectivity index (χ3n) is 3.50. The molecule has 6 heteroatoms. The molecule has 4 nitrogen and oxygen atoms in total. The molecule has 0 bridgehead atoms. The molecule has 2 N–H and O–H groups in total. The topological polar surface area (TPSA) is 53.1 Å². The standard InChI is InChI=1S/C14H15F2N3O/c1-19-14(17)12(8-5-9(15)7-10(16)6-8)13(18-19)11-3-2-4-20-11/h5-7,11H,2-4,17H2,1H3. The Morgan fingerprint density at radius 3 is 2.60 bits per heavy atom. The van der Waals surface area contributed by atoms with Crippen LogP contribution in [0.4, 0.5) is 14.6 Å². The summed E-state index contributed by atoms with van der Waals surface area (Å²) in [6.45, 7) is 0.665. The van der Waals surface area contributed by atoms with Crippen LogP contribution >= 0.6 is 0 Å². The molecule has 0 radical (unpaired) electrons. The highest BCUT2D eigenvalue weighted by Gasteiger charge is 2.27. The fraction of sp³-hybridized carbons (Fsp3) is 0.357. The van der Waals surface area contributed by atoms with Crippen LogP contribution in [-0.2, 0) is 11.8 Å². The smallest absolute Gasteiger partial charge is 0.129 e. The molecule has 2 heterocycles. The number of aromatic nitrogens is 2. The van der Waals surface area contributed by atoms with Gasteiger partial charge in [-0.15, -0.1) is 0 Å². The molecule has 0 amide bonds. The highest BCUT2D eigenvalue weighted by molar-refractivity contribution is 5.77. The Morgan fingerprint density at radius 2 is 2.00 bits per heavy atom. The fourth-order valence-electron chi connectivity index (χ4n) is 2.57. The summed E-state index contributed by atoms with van der Waals surface area (Å²) in [5, 5.41) is 4.35. The normalized spacial score (nSPS) is 18.6. The van der Waals surface area contributed by atoms with Gasteiger partial charge in [-0.05, 0) is 30.5 Å². The third kappa shape index (κ3) is 2.16. The van der Waals surface area contributed by atoms with Gasteiger partial charge in [0, 0.05) is 25.3 Å². The van der Waals surface area contributed by atoms with E-state index in [1.165, 1.54) is 16.8 Å². The maximum Gasteiger partial charge on any atom is 0.129 e. The zero-order chi connectivity index (χ0) is 14.3. The lowest BCUT2D eigenvalue weighted by molar-refractivity contribution is 0.108. The van der Waals surface area contributed by atoms with Crippen LogP contribution in [0.1, 0.15) is 24.6 Å². The van der Waals surface area contributed by atoms with Crippen molar-refractivity contribution in [2.45, 2.75) is 18.9 Å². The van der Waals surface area contributed by atoms with Gasteiger partial charge in [0.15, 0.2) is 0 Å². The summed E-state index contributed by atoms with van der Waals surface area (Å²) in [5.41, 5.74) is 7.59. The fourth-order valence-corrected chi connectivity index (χ4v) is 2.57. The first-order valence-corrected chi connectivity index (χ1v) is 6.46. The molecular weight excluding hydrogens is 264 g/mol. The Morgan fingerprint density at radius 1 is 1.30 bits per heavy atom. The van der Waals surface area contributed by atoms with Crippen molar-refractivity contribution in [1.82, 2.24) is 9.78 Å². The molecule has 1 atom stereocenters. The summed E-state index contributed by atoms with van der Waals surface area (Å²) in [4.78, 5) is 0. The van der Waals surface area contributed by atoms with Crippen LogP contribution in [0.3, 0.4) is 0 Å². The Balaban J connectivity index is 2.16. The number of ether oxygens (including phenoxy) is 1. The molecule has 2 aromatic rings. The number of nitrogens with zero attached hydrogens (tertiary/aromatic N) is 2. The van der Waals surface area contributed by atoms with E-state index in [0.29, 0.717) is 29.2 Å². The molecule has 1 aromatic heterocycles. The van der Waals surface area contributed by atoms with E-state index in [4.69, 9.17) is 10.5 Å². The van der Waals surface area contributed by atoms with Crippen molar-refractivity contribution in [3.05, 3.63) is 35.5 Å². The molecule has 1 aliphatic heterocycles. The zero-order valence-corrected chi connectivity index (χ0v) is 11.1. The van der Waals surface area contributed by atoms with Gasteiger partial charge in [0.1, 0.15) is 29.3 Å². The largest absolute Gasteiger partial charge is 0.383 e. The van der Waals surface area contributed by atoms with Crippen LogP contribution in [0.15, 0.2) is 18.2 Å². The van der Waals surface area contributed by atoms with Gasteiger partial charge < -0.3 is 10.5 Å². The summed E-state index contributed by atoms with van der Waals surface area (Å²) in [7, 11) is 1.70. The molecule has 0 spiro atoms. The lowest BCUT2D eigenvalue weighted by Gasteiger charge is -2.10. The van der Waals surface area contributed by atoms with Crippen molar-refractivity contribution >= 4 is 5.82 Å². The van der Waals surface area contributed by atoms with Crippen molar-refractivity contribution < 1.29 is 13.5 Å². The first-order chi connectivity index (χ1) is 9.56. The minimum absolute atomic E-state index is 0.167. The van der Waals surface area contributed by atoms with Gasteiger partial charge in [0.25, 0.3) is 0 Å². The lowest BCUT2D eigenvalue weighted by atomic mass is 10.0. The van der Waals surface area contributed by atoms with E-state index in [0.717, 1.165) is 18.9 Å². The van der Waals surface area contributed by atoms with Crippen LogP contribution in [0, 0.1) is 11.6 Å². The van der Waals surface area contributed by atoms with Gasteiger partial charge in [-0.1, -0.05) is 0 Å². The number of rotatable bonds is 2. The van der Waals surface area contributed by atoms with E-state index in [2.05, 4.69) is 5.10 Å². The summed E-state index contributed by atoms with van der Waals surface area (Å²) < 4.78 is 34.0. The second-order valence-electron chi connectivity index (χ2n) is 4.93. The SMILES string of the molecule is Cn1nc(C2CCCO2)c(-c2cc(F)cc(F)c2)c1N. The zero-order valence-electron chi connectivity index (χ0n) is 11.1. The quantitative estimate of drug-likeness (QED) is 0.919. The van der Waals surface area contributed by atoms with Gasteiger partial charge in [-0.2, -0.15) is 5.10 Å². The minimum Gasteiger partial charge on any atom is -0.383 e. The molecule has 106 valence electrons. The summed E-state index contributed by atoms with van der Waals surface area (Å²) in [5.74, 6) is -0.899. The highest BCUT2D eigenvalue weighted by atomic mass is 19.1. The van der Waals surface area contributed by atoms with E-state index in [9.17, 15) is 8.78 Å². The van der Waals surface area contributed by atoms with Crippen molar-refractivity contribution in [3.63, 3.8) is 0 Å². The molecule has 1 aliphatic rings. The van der Waals surface area contributed by atoms with E-state index in [1.54, 1.807) is 7.05 Å². The van der Waals surface area contributed by atoms with Crippen molar-refractivity contribution in [1.29, 1.82) is 0 Å². The van der Waals surface area contributed by atoms with E-state index in [-0.39, 0.29) is 6.10 Å². The predicted octanol–water partition coefficient (Wildman–Crippen LogP) is 2.80. The van der Waals surface area contributed by atoms with E-state index in [1.807, 2.05) is 0 Å². The molecule has 20 heavy (non-hydrogen) atoms. The molecule has 3 rings (SSSR count). The van der Waals surface area contributed by atoms with Crippen LogP contribution in [0.5, 0.6) is 0 Å². The number of hydrogen-bond acceptors (Lipinski definition) is 3. The predicted molar refractivity (Wildman–Crippen MR) is 70.9 cm³/mol. The van der Waals surface area contributed by atoms with Gasteiger partial charge >= 0.3 is 0 Å². The van der Waals surface area contributed by atoms with Gasteiger partial charge in [0.2, 0.25) is 0 Å². The average molecular weight is 279 g/mol. The first kappa shape index (κ1) is 13.1. The van der Waals surface area contributed by atoms with Crippen LogP contribution in [0.2, 0.25) is 0 Å². The summed E-state index contributed by atoms with van der Waals surface area (Å²) in [6, 6.07) is 3.35. The number of halogens is 2. The number of aryl methyl sites for hydroxylation is 1. The van der Waals surface area contributed by atoms with Crippen LogP contribution in [-0.4, -0.2) is 16.4 Å². The maximum absolute atomic E-state index is 13.4. The minimum atomic E-state index is -0.637. The van der Waals surface area contributed by atoms with Gasteiger partial charge in [-0.25, -0.2) is 8.78 Å². The number of hydrogen-bond donors (Lipinski definition) is 1. The van der Waals surface area contributed by atoms with Crippen molar-refractivity contribution in [2.24, 2.45) is 7.05 Å². The average Bonchev–Trinajstić information content (AvgIpc) is 2.97. The summed E-state index contributed by atoms with van der Waals surface area (Å²) >= 11 is 0. The van der Waals surface area contributed by atoms with Crippen molar-refractivity contribution in [3.8, 4) is 11.1 Å². The number of benzene rings is 1. The molecule has 1 saturated heterocycles. The number of nitrogens with two attached hydrogens (primary N) is 1. The number of nitrogen functional groups attached to an aromatic ring is 1. The number of anilines is 1. The molecule has 0 aliphatic carbocycles. The van der Waals surface area contributed by atoms with Gasteiger partial charge in [0.05, 0.1) is 0 Å². The maximum atomic E-state index is 13.4. The monoisotopic (exact) mass is 279 g/mol. The molecule has 0 saturated carbocycles. The Labute approximate surface area is 115 Å². The first-order valence-electron chi connectivity index (χ1n) is 6.46. The third-order valence-corrected chi connectivity index (χ3v) is 3.50. The summed E-state index contributed by atoms with van der Waals surface area (Å²) in [6.07, 6.45) is 1.61. The molecular formula is C14H15F2N3O. The van der Waals surface area contributed by atoms with Crippen LogP contribution < -0.4 is 5.73 Å². The lowest BCUT2D eigenvalue weighted by Crippen LogP contribution is -2.00. The van der Waals surface area contributed by atoms with E-state index < -0.39 is 11.6 Å². The Hall–Kier alpha value is -1.95. The Kier molecular flexibility index (Phi) is 3.17. The second-order valence-corrected chi connectivity index (χ2v) is 4.93. The van der Waals surface area contributed by atoms with Gasteiger partial charge in [-0.3, -0.25) is 4.68 Å². The second kappa shape index (κ2) is 4.86. The molecule has 1 fully saturated rings. The molecule has 1 unspecified atom stereocenters. The van der Waals surface area contributed by atoms with E-state index >= 15 is 0 Å². The molecule has 1 aromatic carbocycles. The Bertz CT molecular complexity index is 628. The van der Waals surface area contributed by atoms with Crippen molar-refractivity contribution in [2.75, 3.05) is 12.3 Å².